The summed E-state index contributed by atoms with van der Waals surface area (Å²) in [5.41, 5.74) is 1.35. The lowest BCUT2D eigenvalue weighted by Gasteiger charge is -2.18. The normalized spacial score (nSPS) is 14.1. The number of benzene rings is 1. The van der Waals surface area contributed by atoms with Crippen molar-refractivity contribution in [3.8, 4) is 5.75 Å². The van der Waals surface area contributed by atoms with Gasteiger partial charge in [-0.3, -0.25) is 0 Å². The first-order valence-electron chi connectivity index (χ1n) is 7.67. The van der Waals surface area contributed by atoms with Gasteiger partial charge in [0.05, 0.1) is 6.61 Å². The van der Waals surface area contributed by atoms with Gasteiger partial charge >= 0.3 is 0 Å². The smallest absolute Gasteiger partial charge is 0.119 e. The first-order chi connectivity index (χ1) is 9.21. The summed E-state index contributed by atoms with van der Waals surface area (Å²) in [6, 6.07) is 9.01. The maximum absolute atomic E-state index is 5.79. The average Bonchev–Trinajstić information content (AvgIpc) is 2.46. The van der Waals surface area contributed by atoms with Gasteiger partial charge in [0.2, 0.25) is 0 Å². The standard InChI is InChI=1S/C17H29NO/c1-5-12-18-17(7-3)15-8-10-16(11-9-15)19-13-14(4)6-2/h8-11,14,17-18H,5-7,12-13H2,1-4H3. The predicted molar refractivity (Wildman–Crippen MR) is 82.7 cm³/mol. The lowest BCUT2D eigenvalue weighted by molar-refractivity contribution is 0.256. The first-order valence-corrected chi connectivity index (χ1v) is 7.67. The molecule has 0 aromatic heterocycles. The van der Waals surface area contributed by atoms with Crippen molar-refractivity contribution < 1.29 is 4.74 Å². The highest BCUT2D eigenvalue weighted by atomic mass is 16.5. The summed E-state index contributed by atoms with van der Waals surface area (Å²) >= 11 is 0. The van der Waals surface area contributed by atoms with E-state index in [2.05, 4.69) is 57.3 Å². The lowest BCUT2D eigenvalue weighted by atomic mass is 10.0. The Hall–Kier alpha value is -1.02. The van der Waals surface area contributed by atoms with Crippen molar-refractivity contribution in [2.75, 3.05) is 13.2 Å². The Kier molecular flexibility index (Phi) is 7.57. The van der Waals surface area contributed by atoms with Crippen LogP contribution in [-0.2, 0) is 0 Å². The molecule has 0 heterocycles. The van der Waals surface area contributed by atoms with Crippen LogP contribution in [-0.4, -0.2) is 13.2 Å². The highest BCUT2D eigenvalue weighted by Gasteiger charge is 2.08. The molecule has 108 valence electrons. The lowest BCUT2D eigenvalue weighted by Crippen LogP contribution is -2.21. The molecule has 2 nitrogen and oxygen atoms in total. The quantitative estimate of drug-likeness (QED) is 0.705. The molecular formula is C17H29NO. The van der Waals surface area contributed by atoms with Crippen molar-refractivity contribution in [2.45, 2.75) is 53.0 Å². The van der Waals surface area contributed by atoms with E-state index in [0.29, 0.717) is 12.0 Å². The zero-order valence-corrected chi connectivity index (χ0v) is 12.9. The van der Waals surface area contributed by atoms with Crippen LogP contribution in [0.15, 0.2) is 24.3 Å². The molecule has 2 heteroatoms. The van der Waals surface area contributed by atoms with E-state index < -0.39 is 0 Å². The van der Waals surface area contributed by atoms with Crippen LogP contribution in [0.1, 0.15) is 58.6 Å². The second-order valence-electron chi connectivity index (χ2n) is 5.31. The Morgan fingerprint density at radius 2 is 1.74 bits per heavy atom. The molecule has 2 atom stereocenters. The van der Waals surface area contributed by atoms with Crippen molar-refractivity contribution in [2.24, 2.45) is 5.92 Å². The average molecular weight is 263 g/mol. The summed E-state index contributed by atoms with van der Waals surface area (Å²) < 4.78 is 5.79. The van der Waals surface area contributed by atoms with Crippen LogP contribution in [0.25, 0.3) is 0 Å². The summed E-state index contributed by atoms with van der Waals surface area (Å²) in [4.78, 5) is 0. The minimum atomic E-state index is 0.462. The van der Waals surface area contributed by atoms with E-state index >= 15 is 0 Å². The molecule has 0 saturated carbocycles. The second-order valence-corrected chi connectivity index (χ2v) is 5.31. The van der Waals surface area contributed by atoms with Crippen molar-refractivity contribution >= 4 is 0 Å². The first kappa shape index (κ1) is 16.0. The van der Waals surface area contributed by atoms with E-state index in [9.17, 15) is 0 Å². The molecule has 1 rings (SSSR count). The van der Waals surface area contributed by atoms with Crippen molar-refractivity contribution in [1.29, 1.82) is 0 Å². The van der Waals surface area contributed by atoms with Crippen LogP contribution >= 0.6 is 0 Å². The number of nitrogens with one attached hydrogen (secondary N) is 1. The van der Waals surface area contributed by atoms with Gasteiger partial charge in [-0.2, -0.15) is 0 Å². The van der Waals surface area contributed by atoms with Gasteiger partial charge in [-0.05, 0) is 43.0 Å². The zero-order valence-electron chi connectivity index (χ0n) is 12.9. The minimum Gasteiger partial charge on any atom is -0.493 e. The summed E-state index contributed by atoms with van der Waals surface area (Å²) in [5.74, 6) is 1.60. The Bertz CT molecular complexity index is 334. The summed E-state index contributed by atoms with van der Waals surface area (Å²) in [6.45, 7) is 10.7. The van der Waals surface area contributed by atoms with E-state index in [0.717, 1.165) is 31.7 Å². The van der Waals surface area contributed by atoms with Gasteiger partial charge in [0, 0.05) is 6.04 Å². The zero-order chi connectivity index (χ0) is 14.1. The third kappa shape index (κ3) is 5.65. The van der Waals surface area contributed by atoms with Crippen molar-refractivity contribution in [1.82, 2.24) is 5.32 Å². The second kappa shape index (κ2) is 8.98. The molecule has 0 amide bonds. The fourth-order valence-corrected chi connectivity index (χ4v) is 1.97. The van der Waals surface area contributed by atoms with Crippen LogP contribution in [0, 0.1) is 5.92 Å². The van der Waals surface area contributed by atoms with Gasteiger partial charge in [0.25, 0.3) is 0 Å². The Morgan fingerprint density at radius 1 is 1.05 bits per heavy atom. The van der Waals surface area contributed by atoms with Gasteiger partial charge in [0.1, 0.15) is 5.75 Å². The molecular weight excluding hydrogens is 234 g/mol. The molecule has 1 N–H and O–H groups in total. The number of ether oxygens (including phenoxy) is 1. The van der Waals surface area contributed by atoms with Gasteiger partial charge in [-0.25, -0.2) is 0 Å². The molecule has 0 radical (unpaired) electrons. The monoisotopic (exact) mass is 263 g/mol. The van der Waals surface area contributed by atoms with Crippen LogP contribution in [0.4, 0.5) is 0 Å². The molecule has 1 aromatic carbocycles. The van der Waals surface area contributed by atoms with Crippen LogP contribution in [0.3, 0.4) is 0 Å². The van der Waals surface area contributed by atoms with Crippen LogP contribution in [0.2, 0.25) is 0 Å². The molecule has 0 saturated heterocycles. The SMILES string of the molecule is CCCNC(CC)c1ccc(OCC(C)CC)cc1. The minimum absolute atomic E-state index is 0.462. The fraction of sp³-hybridized carbons (Fsp3) is 0.647. The molecule has 0 aliphatic rings. The van der Waals surface area contributed by atoms with Crippen molar-refractivity contribution in [3.05, 3.63) is 29.8 Å². The Morgan fingerprint density at radius 3 is 2.26 bits per heavy atom. The topological polar surface area (TPSA) is 21.3 Å². The maximum atomic E-state index is 5.79. The molecule has 0 aliphatic carbocycles. The number of hydrogen-bond acceptors (Lipinski definition) is 2. The summed E-state index contributed by atoms with van der Waals surface area (Å²) in [6.07, 6.45) is 3.45. The van der Waals surface area contributed by atoms with E-state index in [-0.39, 0.29) is 0 Å². The Labute approximate surface area is 118 Å². The molecule has 0 bridgehead atoms. The third-order valence-corrected chi connectivity index (χ3v) is 3.56. The largest absolute Gasteiger partial charge is 0.493 e. The van der Waals surface area contributed by atoms with Crippen LogP contribution < -0.4 is 10.1 Å². The highest BCUT2D eigenvalue weighted by molar-refractivity contribution is 5.29. The molecule has 0 fully saturated rings. The Balaban J connectivity index is 2.54. The van der Waals surface area contributed by atoms with E-state index in [1.165, 1.54) is 12.0 Å². The predicted octanol–water partition coefficient (Wildman–Crippen LogP) is 4.56. The highest BCUT2D eigenvalue weighted by Crippen LogP contribution is 2.20. The number of hydrogen-bond donors (Lipinski definition) is 1. The maximum Gasteiger partial charge on any atom is 0.119 e. The van der Waals surface area contributed by atoms with Gasteiger partial charge < -0.3 is 10.1 Å². The molecule has 2 unspecified atom stereocenters. The van der Waals surface area contributed by atoms with E-state index in [1.54, 1.807) is 0 Å². The molecule has 0 aliphatic heterocycles. The summed E-state index contributed by atoms with van der Waals surface area (Å²) in [5, 5.41) is 3.57. The van der Waals surface area contributed by atoms with Crippen LogP contribution in [0.5, 0.6) is 5.75 Å². The number of rotatable bonds is 9. The molecule has 1 aromatic rings. The van der Waals surface area contributed by atoms with Gasteiger partial charge in [-0.15, -0.1) is 0 Å². The van der Waals surface area contributed by atoms with Gasteiger partial charge in [-0.1, -0.05) is 46.2 Å². The third-order valence-electron chi connectivity index (χ3n) is 3.56. The molecule has 0 spiro atoms. The molecule has 19 heavy (non-hydrogen) atoms. The van der Waals surface area contributed by atoms with E-state index in [4.69, 9.17) is 4.74 Å². The van der Waals surface area contributed by atoms with Crippen molar-refractivity contribution in [3.63, 3.8) is 0 Å². The van der Waals surface area contributed by atoms with Gasteiger partial charge in [0.15, 0.2) is 0 Å². The van der Waals surface area contributed by atoms with E-state index in [1.807, 2.05) is 0 Å². The fourth-order valence-electron chi connectivity index (χ4n) is 1.97. The summed E-state index contributed by atoms with van der Waals surface area (Å²) in [7, 11) is 0.